The highest BCUT2D eigenvalue weighted by molar-refractivity contribution is 5.95. The number of amidine groups is 1. The van der Waals surface area contributed by atoms with E-state index in [4.69, 9.17) is 16.3 Å². The summed E-state index contributed by atoms with van der Waals surface area (Å²) in [6.45, 7) is 0. The Balaban J connectivity index is 1.89. The second kappa shape index (κ2) is 7.63. The lowest BCUT2D eigenvalue weighted by Gasteiger charge is -2.07. The summed E-state index contributed by atoms with van der Waals surface area (Å²) in [5, 5.41) is 4.28. The number of hydrogen-bond acceptors (Lipinski definition) is 4. The van der Waals surface area contributed by atoms with Gasteiger partial charge in [-0.15, -0.1) is 0 Å². The molecule has 2 heterocycles. The maximum Gasteiger partial charge on any atom is 0.168 e. The summed E-state index contributed by atoms with van der Waals surface area (Å²) in [5.74, 6) is 5.21. The standard InChI is InChI=1S/C22H20FN5O/c1-29-20-12-19-15(11-17(20)23)16(21(27-19)13-6-3-2-4-7-13)10-14-8-5-9-18(26-14)22(24)28-25/h2-9,11-12,27H,10,25H2,1H3,(H2,24,28). The van der Waals surface area contributed by atoms with Gasteiger partial charge in [-0.1, -0.05) is 36.4 Å². The number of benzene rings is 2. The largest absolute Gasteiger partial charge is 0.494 e. The van der Waals surface area contributed by atoms with E-state index >= 15 is 0 Å². The molecule has 0 unspecified atom stereocenters. The number of hydrogen-bond donors (Lipinski definition) is 3. The summed E-state index contributed by atoms with van der Waals surface area (Å²) in [5.41, 5.74) is 10.7. The monoisotopic (exact) mass is 389 g/mol. The Bertz CT molecular complexity index is 1200. The van der Waals surface area contributed by atoms with Crippen molar-refractivity contribution in [3.8, 4) is 17.0 Å². The van der Waals surface area contributed by atoms with Gasteiger partial charge in [0.05, 0.1) is 18.3 Å². The van der Waals surface area contributed by atoms with Crippen LogP contribution in [0, 0.1) is 5.82 Å². The summed E-state index contributed by atoms with van der Waals surface area (Å²) in [4.78, 5) is 7.96. The normalized spacial score (nSPS) is 11.7. The van der Waals surface area contributed by atoms with Crippen molar-refractivity contribution in [1.82, 2.24) is 9.97 Å². The Hall–Kier alpha value is -3.87. The fraction of sp³-hybridized carbons (Fsp3) is 0.0909. The van der Waals surface area contributed by atoms with Crippen LogP contribution in [0.25, 0.3) is 22.2 Å². The highest BCUT2D eigenvalue weighted by Gasteiger charge is 2.17. The van der Waals surface area contributed by atoms with Gasteiger partial charge in [0.15, 0.2) is 17.4 Å². The Morgan fingerprint density at radius 2 is 1.93 bits per heavy atom. The summed E-state index contributed by atoms with van der Waals surface area (Å²) in [7, 11) is 1.45. The van der Waals surface area contributed by atoms with E-state index in [9.17, 15) is 4.39 Å². The molecule has 0 atom stereocenters. The molecule has 0 aliphatic heterocycles. The van der Waals surface area contributed by atoms with E-state index in [1.807, 2.05) is 42.5 Å². The van der Waals surface area contributed by atoms with Crippen LogP contribution in [0.3, 0.4) is 0 Å². The lowest BCUT2D eigenvalue weighted by atomic mass is 10.0. The SMILES string of the molecule is COc1cc2[nH]c(-c3ccccc3)c(Cc3cccc(/C(N)=N/N)n3)c2cc1F. The average molecular weight is 389 g/mol. The summed E-state index contributed by atoms with van der Waals surface area (Å²) in [6, 6.07) is 18.5. The molecule has 0 saturated carbocycles. The molecule has 0 amide bonds. The summed E-state index contributed by atoms with van der Waals surface area (Å²) >= 11 is 0. The minimum absolute atomic E-state index is 0.157. The lowest BCUT2D eigenvalue weighted by molar-refractivity contribution is 0.387. The maximum absolute atomic E-state index is 14.5. The van der Waals surface area contributed by atoms with Crippen molar-refractivity contribution < 1.29 is 9.13 Å². The number of nitrogens with one attached hydrogen (secondary N) is 1. The molecule has 0 radical (unpaired) electrons. The number of aromatic amines is 1. The van der Waals surface area contributed by atoms with Gasteiger partial charge in [-0.25, -0.2) is 9.37 Å². The Morgan fingerprint density at radius 1 is 1.14 bits per heavy atom. The zero-order chi connectivity index (χ0) is 20.4. The van der Waals surface area contributed by atoms with Gasteiger partial charge in [-0.05, 0) is 29.3 Å². The Labute approximate surface area is 167 Å². The van der Waals surface area contributed by atoms with Gasteiger partial charge in [0.25, 0.3) is 0 Å². The number of fused-ring (bicyclic) bond motifs is 1. The highest BCUT2D eigenvalue weighted by Crippen LogP contribution is 2.35. The molecule has 7 heteroatoms. The van der Waals surface area contributed by atoms with Gasteiger partial charge in [0.1, 0.15) is 5.69 Å². The zero-order valence-electron chi connectivity index (χ0n) is 15.8. The Morgan fingerprint density at radius 3 is 2.66 bits per heavy atom. The minimum Gasteiger partial charge on any atom is -0.494 e. The molecule has 2 aromatic carbocycles. The number of nitrogens with zero attached hydrogens (tertiary/aromatic N) is 2. The van der Waals surface area contributed by atoms with Crippen molar-refractivity contribution in [2.45, 2.75) is 6.42 Å². The number of rotatable bonds is 5. The molecule has 0 saturated heterocycles. The molecule has 4 aromatic rings. The molecular weight excluding hydrogens is 369 g/mol. The van der Waals surface area contributed by atoms with Gasteiger partial charge < -0.3 is 21.3 Å². The van der Waals surface area contributed by atoms with Crippen LogP contribution in [0.5, 0.6) is 5.75 Å². The van der Waals surface area contributed by atoms with Gasteiger partial charge in [0.2, 0.25) is 0 Å². The highest BCUT2D eigenvalue weighted by atomic mass is 19.1. The van der Waals surface area contributed by atoms with Crippen molar-refractivity contribution >= 4 is 16.7 Å². The zero-order valence-corrected chi connectivity index (χ0v) is 15.8. The van der Waals surface area contributed by atoms with E-state index in [0.29, 0.717) is 12.1 Å². The Kier molecular flexibility index (Phi) is 4.87. The van der Waals surface area contributed by atoms with Crippen molar-refractivity contribution in [3.05, 3.63) is 83.4 Å². The summed E-state index contributed by atoms with van der Waals surface area (Å²) < 4.78 is 19.6. The topological polar surface area (TPSA) is 102 Å². The van der Waals surface area contributed by atoms with Crippen LogP contribution in [-0.2, 0) is 6.42 Å². The molecule has 5 N–H and O–H groups in total. The number of hydrazone groups is 1. The first-order chi connectivity index (χ1) is 14.1. The van der Waals surface area contributed by atoms with Crippen LogP contribution in [0.2, 0.25) is 0 Å². The second-order valence-electron chi connectivity index (χ2n) is 6.58. The van der Waals surface area contributed by atoms with E-state index in [1.165, 1.54) is 13.2 Å². The quantitative estimate of drug-likeness (QED) is 0.210. The van der Waals surface area contributed by atoms with E-state index in [0.717, 1.165) is 33.4 Å². The smallest absolute Gasteiger partial charge is 0.168 e. The molecule has 0 bridgehead atoms. The third kappa shape index (κ3) is 3.50. The second-order valence-corrected chi connectivity index (χ2v) is 6.58. The average Bonchev–Trinajstić information content (AvgIpc) is 3.10. The number of ether oxygens (including phenoxy) is 1. The molecule has 0 fully saturated rings. The van der Waals surface area contributed by atoms with Gasteiger partial charge in [0, 0.05) is 23.6 Å². The lowest BCUT2D eigenvalue weighted by Crippen LogP contribution is -2.17. The fourth-order valence-electron chi connectivity index (χ4n) is 3.41. The van der Waals surface area contributed by atoms with E-state index < -0.39 is 5.82 Å². The van der Waals surface area contributed by atoms with Crippen LogP contribution >= 0.6 is 0 Å². The van der Waals surface area contributed by atoms with Gasteiger partial charge in [-0.3, -0.25) is 0 Å². The number of halogens is 1. The van der Waals surface area contributed by atoms with Crippen molar-refractivity contribution in [1.29, 1.82) is 0 Å². The molecular formula is C22H20FN5O. The first-order valence-electron chi connectivity index (χ1n) is 9.04. The molecule has 0 aliphatic carbocycles. The number of H-pyrrole nitrogens is 1. The molecule has 2 aromatic heterocycles. The molecule has 0 spiro atoms. The fourth-order valence-corrected chi connectivity index (χ4v) is 3.41. The van der Waals surface area contributed by atoms with Crippen LogP contribution in [0.4, 0.5) is 4.39 Å². The van der Waals surface area contributed by atoms with Crippen molar-refractivity contribution in [2.24, 2.45) is 16.7 Å². The van der Waals surface area contributed by atoms with E-state index in [1.54, 1.807) is 12.1 Å². The van der Waals surface area contributed by atoms with E-state index in [-0.39, 0.29) is 11.6 Å². The number of nitrogens with two attached hydrogens (primary N) is 2. The van der Waals surface area contributed by atoms with Crippen LogP contribution < -0.4 is 16.3 Å². The molecule has 29 heavy (non-hydrogen) atoms. The van der Waals surface area contributed by atoms with Crippen LogP contribution in [-0.4, -0.2) is 22.9 Å². The van der Waals surface area contributed by atoms with Gasteiger partial charge >= 0.3 is 0 Å². The molecule has 146 valence electrons. The molecule has 0 aliphatic rings. The predicted octanol–water partition coefficient (Wildman–Crippen LogP) is 3.55. The number of aromatic nitrogens is 2. The third-order valence-corrected chi connectivity index (χ3v) is 4.81. The third-order valence-electron chi connectivity index (χ3n) is 4.81. The number of pyridine rings is 1. The predicted molar refractivity (Wildman–Crippen MR) is 112 cm³/mol. The first-order valence-corrected chi connectivity index (χ1v) is 9.04. The maximum atomic E-state index is 14.5. The van der Waals surface area contributed by atoms with Crippen molar-refractivity contribution in [3.63, 3.8) is 0 Å². The van der Waals surface area contributed by atoms with Crippen LogP contribution in [0.1, 0.15) is 17.0 Å². The minimum atomic E-state index is -0.416. The van der Waals surface area contributed by atoms with Crippen molar-refractivity contribution in [2.75, 3.05) is 7.11 Å². The summed E-state index contributed by atoms with van der Waals surface area (Å²) in [6.07, 6.45) is 0.474. The molecule has 4 rings (SSSR count). The van der Waals surface area contributed by atoms with E-state index in [2.05, 4.69) is 15.1 Å². The number of methoxy groups -OCH3 is 1. The van der Waals surface area contributed by atoms with Gasteiger partial charge in [-0.2, -0.15) is 5.10 Å². The first kappa shape index (κ1) is 18.5. The molecule has 6 nitrogen and oxygen atoms in total. The van der Waals surface area contributed by atoms with Crippen LogP contribution in [0.15, 0.2) is 65.8 Å².